The number of rotatable bonds is 4. The number of methoxy groups -OCH3 is 1. The molecule has 1 rings (SSSR count). The first kappa shape index (κ1) is 12.6. The highest BCUT2D eigenvalue weighted by Gasteiger charge is 2.16. The molecule has 1 aromatic rings. The Labute approximate surface area is 98.3 Å². The van der Waals surface area contributed by atoms with Gasteiger partial charge in [-0.15, -0.1) is 0 Å². The molecule has 0 radical (unpaired) electrons. The SMILES string of the molecule is COC(=O)N[C@@H](Cc1ccccc1)C(C)C.[HH]. The number of ether oxygens (including phenoxy) is 1. The smallest absolute Gasteiger partial charge is 0.407 e. The van der Waals surface area contributed by atoms with Crippen molar-refractivity contribution in [3.63, 3.8) is 0 Å². The maximum atomic E-state index is 11.2. The summed E-state index contributed by atoms with van der Waals surface area (Å²) in [5.41, 5.74) is 1.22. The van der Waals surface area contributed by atoms with E-state index in [0.29, 0.717) is 5.92 Å². The van der Waals surface area contributed by atoms with Crippen LogP contribution in [0.25, 0.3) is 0 Å². The number of benzene rings is 1. The third-order valence-electron chi connectivity index (χ3n) is 2.59. The van der Waals surface area contributed by atoms with Crippen LogP contribution in [0, 0.1) is 5.92 Å². The zero-order valence-electron chi connectivity index (χ0n) is 10.1. The molecule has 16 heavy (non-hydrogen) atoms. The number of carbonyl (C=O) groups is 1. The Morgan fingerprint density at radius 3 is 2.50 bits per heavy atom. The van der Waals surface area contributed by atoms with Crippen LogP contribution in [0.4, 0.5) is 4.79 Å². The zero-order valence-corrected chi connectivity index (χ0v) is 10.1. The average Bonchev–Trinajstić information content (AvgIpc) is 2.29. The minimum atomic E-state index is -0.366. The van der Waals surface area contributed by atoms with E-state index in [-0.39, 0.29) is 13.6 Å². The van der Waals surface area contributed by atoms with Crippen LogP contribution in [0.2, 0.25) is 0 Å². The summed E-state index contributed by atoms with van der Waals surface area (Å²) < 4.78 is 4.62. The standard InChI is InChI=1S/C13H19NO2.H2/c1-10(2)12(14-13(15)16-3)9-11-7-5-4-6-8-11;/h4-8,10,12H,9H2,1-3H3,(H,14,15);1H/t12-;/m0./s1. The molecule has 0 bridgehead atoms. The third-order valence-corrected chi connectivity index (χ3v) is 2.59. The van der Waals surface area contributed by atoms with Gasteiger partial charge in [-0.2, -0.15) is 0 Å². The lowest BCUT2D eigenvalue weighted by atomic mass is 9.97. The van der Waals surface area contributed by atoms with E-state index in [9.17, 15) is 4.79 Å². The topological polar surface area (TPSA) is 38.3 Å². The molecule has 0 aromatic heterocycles. The minimum Gasteiger partial charge on any atom is -0.453 e. The second kappa shape index (κ2) is 6.16. The summed E-state index contributed by atoms with van der Waals surface area (Å²) in [6, 6.07) is 10.2. The molecule has 3 heteroatoms. The highest BCUT2D eigenvalue weighted by atomic mass is 16.5. The lowest BCUT2D eigenvalue weighted by molar-refractivity contribution is 0.163. The van der Waals surface area contributed by atoms with Crippen LogP contribution in [0.1, 0.15) is 20.8 Å². The van der Waals surface area contributed by atoms with Gasteiger partial charge in [0.05, 0.1) is 7.11 Å². The van der Waals surface area contributed by atoms with Crippen LogP contribution in [0.15, 0.2) is 30.3 Å². The van der Waals surface area contributed by atoms with Crippen LogP contribution in [-0.2, 0) is 11.2 Å². The molecule has 90 valence electrons. The molecular formula is C13H21NO2. The van der Waals surface area contributed by atoms with E-state index in [1.54, 1.807) is 0 Å². The van der Waals surface area contributed by atoms with E-state index in [2.05, 4.69) is 36.0 Å². The fraction of sp³-hybridized carbons (Fsp3) is 0.462. The number of hydrogen-bond acceptors (Lipinski definition) is 2. The van der Waals surface area contributed by atoms with Gasteiger partial charge in [-0.1, -0.05) is 44.2 Å². The second-order valence-corrected chi connectivity index (χ2v) is 4.18. The monoisotopic (exact) mass is 223 g/mol. The summed E-state index contributed by atoms with van der Waals surface area (Å²) >= 11 is 0. The molecule has 0 aliphatic heterocycles. The second-order valence-electron chi connectivity index (χ2n) is 4.18. The van der Waals surface area contributed by atoms with Gasteiger partial charge in [-0.3, -0.25) is 0 Å². The molecule has 1 atom stereocenters. The number of alkyl carbamates (subject to hydrolysis) is 1. The van der Waals surface area contributed by atoms with Crippen molar-refractivity contribution in [3.05, 3.63) is 35.9 Å². The first-order chi connectivity index (χ1) is 7.63. The molecule has 0 unspecified atom stereocenters. The van der Waals surface area contributed by atoms with E-state index in [0.717, 1.165) is 6.42 Å². The fourth-order valence-electron chi connectivity index (χ4n) is 1.53. The van der Waals surface area contributed by atoms with Gasteiger partial charge < -0.3 is 10.1 Å². The number of hydrogen-bond donors (Lipinski definition) is 1. The zero-order chi connectivity index (χ0) is 12.0. The molecular weight excluding hydrogens is 202 g/mol. The number of carbonyl (C=O) groups excluding carboxylic acids is 1. The van der Waals surface area contributed by atoms with Gasteiger partial charge in [0.25, 0.3) is 0 Å². The van der Waals surface area contributed by atoms with Gasteiger partial charge in [-0.05, 0) is 17.9 Å². The van der Waals surface area contributed by atoms with Gasteiger partial charge in [0.2, 0.25) is 0 Å². The van der Waals surface area contributed by atoms with Crippen LogP contribution >= 0.6 is 0 Å². The Balaban J connectivity index is 0.00000256. The predicted molar refractivity (Wildman–Crippen MR) is 66.4 cm³/mol. The van der Waals surface area contributed by atoms with E-state index >= 15 is 0 Å². The third kappa shape index (κ3) is 3.93. The summed E-state index contributed by atoms with van der Waals surface area (Å²) in [4.78, 5) is 11.2. The van der Waals surface area contributed by atoms with Gasteiger partial charge in [-0.25, -0.2) is 4.79 Å². The molecule has 0 heterocycles. The number of amides is 1. The lowest BCUT2D eigenvalue weighted by Gasteiger charge is -2.21. The molecule has 0 saturated heterocycles. The Kier molecular flexibility index (Phi) is 4.83. The van der Waals surface area contributed by atoms with Crippen molar-refractivity contribution >= 4 is 6.09 Å². The molecule has 1 amide bonds. The van der Waals surface area contributed by atoms with Crippen molar-refractivity contribution in [2.24, 2.45) is 5.92 Å². The van der Waals surface area contributed by atoms with Gasteiger partial charge >= 0.3 is 6.09 Å². The maximum Gasteiger partial charge on any atom is 0.407 e. The van der Waals surface area contributed by atoms with Gasteiger partial charge in [0.1, 0.15) is 0 Å². The van der Waals surface area contributed by atoms with Crippen molar-refractivity contribution in [3.8, 4) is 0 Å². The van der Waals surface area contributed by atoms with E-state index in [4.69, 9.17) is 0 Å². The molecule has 0 spiro atoms. The summed E-state index contributed by atoms with van der Waals surface area (Å²) in [5, 5.41) is 2.85. The van der Waals surface area contributed by atoms with Crippen molar-refractivity contribution in [1.82, 2.24) is 5.32 Å². The van der Waals surface area contributed by atoms with Crippen LogP contribution in [0.3, 0.4) is 0 Å². The number of nitrogens with one attached hydrogen (secondary N) is 1. The summed E-state index contributed by atoms with van der Waals surface area (Å²) in [5.74, 6) is 0.374. The molecule has 0 fully saturated rings. The first-order valence-electron chi connectivity index (χ1n) is 5.52. The Hall–Kier alpha value is -1.51. The molecule has 0 aliphatic carbocycles. The Morgan fingerprint density at radius 1 is 1.38 bits per heavy atom. The molecule has 1 aromatic carbocycles. The summed E-state index contributed by atoms with van der Waals surface area (Å²) in [6.07, 6.45) is 0.461. The molecule has 0 aliphatic rings. The van der Waals surface area contributed by atoms with Crippen molar-refractivity contribution in [2.75, 3.05) is 7.11 Å². The fourth-order valence-corrected chi connectivity index (χ4v) is 1.53. The average molecular weight is 223 g/mol. The summed E-state index contributed by atoms with van der Waals surface area (Å²) in [6.45, 7) is 4.17. The maximum absolute atomic E-state index is 11.2. The predicted octanol–water partition coefficient (Wildman–Crippen LogP) is 2.86. The van der Waals surface area contributed by atoms with Crippen molar-refractivity contribution in [2.45, 2.75) is 26.3 Å². The van der Waals surface area contributed by atoms with Crippen LogP contribution in [0.5, 0.6) is 0 Å². The van der Waals surface area contributed by atoms with Crippen molar-refractivity contribution in [1.29, 1.82) is 0 Å². The Bertz CT molecular complexity index is 327. The first-order valence-corrected chi connectivity index (χ1v) is 5.52. The van der Waals surface area contributed by atoms with E-state index < -0.39 is 0 Å². The Morgan fingerprint density at radius 2 is 2.00 bits per heavy atom. The largest absolute Gasteiger partial charge is 0.453 e. The normalized spacial score (nSPS) is 12.2. The van der Waals surface area contributed by atoms with Crippen molar-refractivity contribution < 1.29 is 11.0 Å². The molecule has 1 N–H and O–H groups in total. The minimum absolute atomic E-state index is 0. The quantitative estimate of drug-likeness (QED) is 0.852. The van der Waals surface area contributed by atoms with Gasteiger partial charge in [0, 0.05) is 7.47 Å². The molecule has 0 saturated carbocycles. The highest BCUT2D eigenvalue weighted by molar-refractivity contribution is 5.67. The van der Waals surface area contributed by atoms with Crippen LogP contribution in [-0.4, -0.2) is 19.2 Å². The van der Waals surface area contributed by atoms with Crippen LogP contribution < -0.4 is 5.32 Å². The van der Waals surface area contributed by atoms with E-state index in [1.807, 2.05) is 18.2 Å². The summed E-state index contributed by atoms with van der Waals surface area (Å²) in [7, 11) is 1.38. The van der Waals surface area contributed by atoms with Gasteiger partial charge in [0.15, 0.2) is 0 Å². The van der Waals surface area contributed by atoms with E-state index in [1.165, 1.54) is 12.7 Å². The lowest BCUT2D eigenvalue weighted by Crippen LogP contribution is -2.40. The highest BCUT2D eigenvalue weighted by Crippen LogP contribution is 2.10. The molecule has 3 nitrogen and oxygen atoms in total.